The van der Waals surface area contributed by atoms with Crippen molar-refractivity contribution in [2.75, 3.05) is 37.7 Å². The Bertz CT molecular complexity index is 1690. The van der Waals surface area contributed by atoms with Crippen LogP contribution in [0.15, 0.2) is 66.9 Å². The summed E-state index contributed by atoms with van der Waals surface area (Å²) in [5.74, 6) is 0.680. The molecular formula is C34H32N6O3. The minimum absolute atomic E-state index is 0.145. The Kier molecular flexibility index (Phi) is 8.95. The van der Waals surface area contributed by atoms with Crippen molar-refractivity contribution in [3.05, 3.63) is 100 Å². The number of carbonyl (C=O) groups is 1. The number of aryl methyl sites for hydroxylation is 2. The molecule has 43 heavy (non-hydrogen) atoms. The van der Waals surface area contributed by atoms with Crippen molar-refractivity contribution in [1.82, 2.24) is 14.9 Å². The van der Waals surface area contributed by atoms with Crippen LogP contribution in [-0.4, -0.2) is 53.6 Å². The van der Waals surface area contributed by atoms with Crippen LogP contribution in [0.2, 0.25) is 0 Å². The maximum absolute atomic E-state index is 12.8. The molecule has 0 spiro atoms. The lowest BCUT2D eigenvalue weighted by molar-refractivity contribution is 0.0522. The highest BCUT2D eigenvalue weighted by Gasteiger charge is 2.24. The molecule has 4 aromatic rings. The van der Waals surface area contributed by atoms with Crippen LogP contribution in [0, 0.1) is 36.5 Å². The van der Waals surface area contributed by atoms with Gasteiger partial charge in [0.2, 0.25) is 11.8 Å². The average Bonchev–Trinajstić information content (AvgIpc) is 3.03. The molecule has 0 saturated carbocycles. The van der Waals surface area contributed by atoms with Gasteiger partial charge in [-0.05, 0) is 78.9 Å². The van der Waals surface area contributed by atoms with Crippen molar-refractivity contribution in [3.8, 4) is 34.9 Å². The van der Waals surface area contributed by atoms with Crippen molar-refractivity contribution < 1.29 is 14.3 Å². The fraction of sp³-hybridized carbons (Fsp3) is 0.265. The molecule has 1 aliphatic heterocycles. The lowest BCUT2D eigenvalue weighted by Gasteiger charge is -2.35. The predicted octanol–water partition coefficient (Wildman–Crippen LogP) is 5.80. The number of ether oxygens (including phenoxy) is 2. The Morgan fingerprint density at radius 2 is 1.63 bits per heavy atom. The fourth-order valence-corrected chi connectivity index (χ4v) is 5.16. The summed E-state index contributed by atoms with van der Waals surface area (Å²) in [6.45, 7) is 9.48. The van der Waals surface area contributed by atoms with E-state index in [0.29, 0.717) is 42.5 Å². The van der Waals surface area contributed by atoms with Crippen LogP contribution in [0.25, 0.3) is 11.1 Å². The smallest absolute Gasteiger partial charge is 0.345 e. The van der Waals surface area contributed by atoms with Gasteiger partial charge in [0.05, 0.1) is 36.1 Å². The molecule has 0 bridgehead atoms. The molecule has 1 fully saturated rings. The number of carbonyl (C=O) groups excluding carboxylic acids is 1. The molecule has 1 aliphatic rings. The zero-order chi connectivity index (χ0) is 30.3. The first-order valence-electron chi connectivity index (χ1n) is 14.2. The number of benzene rings is 3. The van der Waals surface area contributed by atoms with Gasteiger partial charge in [0.1, 0.15) is 11.3 Å². The third-order valence-electron chi connectivity index (χ3n) is 7.43. The lowest BCUT2D eigenvalue weighted by atomic mass is 9.99. The summed E-state index contributed by atoms with van der Waals surface area (Å²) in [4.78, 5) is 26.4. The Hall–Kier alpha value is -5.25. The van der Waals surface area contributed by atoms with E-state index >= 15 is 0 Å². The first-order valence-corrected chi connectivity index (χ1v) is 14.2. The summed E-state index contributed by atoms with van der Waals surface area (Å²) in [5, 5.41) is 18.6. The third kappa shape index (κ3) is 6.64. The van der Waals surface area contributed by atoms with E-state index in [1.165, 1.54) is 6.20 Å². The zero-order valence-electron chi connectivity index (χ0n) is 24.5. The molecule has 9 nitrogen and oxygen atoms in total. The zero-order valence-corrected chi connectivity index (χ0v) is 24.5. The van der Waals surface area contributed by atoms with Crippen molar-refractivity contribution in [1.29, 1.82) is 10.5 Å². The van der Waals surface area contributed by atoms with Gasteiger partial charge in [0.25, 0.3) is 0 Å². The van der Waals surface area contributed by atoms with Crippen LogP contribution in [-0.2, 0) is 11.3 Å². The number of hydrogen-bond acceptors (Lipinski definition) is 9. The molecule has 3 aromatic carbocycles. The van der Waals surface area contributed by atoms with Crippen molar-refractivity contribution in [2.24, 2.45) is 0 Å². The van der Waals surface area contributed by atoms with Crippen LogP contribution in [0.3, 0.4) is 0 Å². The van der Waals surface area contributed by atoms with E-state index in [-0.39, 0.29) is 18.1 Å². The maximum Gasteiger partial charge on any atom is 0.345 e. The monoisotopic (exact) mass is 572 g/mol. The standard InChI is InChI=1S/C34H32N6O3/c1-4-42-33(41)30-21-37-34(40-15-13-39(14-16-40)22-28-8-6-5-7-27(28)20-36)38-32(30)43-31-23(2)17-29(18-24(31)3)26-11-9-25(19-35)10-12-26/h5-12,17-18,21H,4,13-16,22H2,1-3H3. The number of rotatable bonds is 8. The van der Waals surface area contributed by atoms with Crippen LogP contribution in [0.5, 0.6) is 11.6 Å². The molecule has 1 aromatic heterocycles. The summed E-state index contributed by atoms with van der Waals surface area (Å²) in [5.41, 5.74) is 6.21. The van der Waals surface area contributed by atoms with Gasteiger partial charge in [0, 0.05) is 32.7 Å². The van der Waals surface area contributed by atoms with Crippen molar-refractivity contribution in [3.63, 3.8) is 0 Å². The predicted molar refractivity (Wildman–Crippen MR) is 163 cm³/mol. The Morgan fingerprint density at radius 3 is 2.28 bits per heavy atom. The topological polar surface area (TPSA) is 115 Å². The van der Waals surface area contributed by atoms with Crippen molar-refractivity contribution in [2.45, 2.75) is 27.3 Å². The largest absolute Gasteiger partial charge is 0.462 e. The highest BCUT2D eigenvalue weighted by molar-refractivity contribution is 5.91. The SMILES string of the molecule is CCOC(=O)c1cnc(N2CCN(Cc3ccccc3C#N)CC2)nc1Oc1c(C)cc(-c2ccc(C#N)cc2)cc1C. The van der Waals surface area contributed by atoms with E-state index in [2.05, 4.69) is 26.9 Å². The molecule has 0 unspecified atom stereocenters. The van der Waals surface area contributed by atoms with Gasteiger partial charge in [-0.3, -0.25) is 4.90 Å². The molecule has 0 radical (unpaired) electrons. The second kappa shape index (κ2) is 13.2. The summed E-state index contributed by atoms with van der Waals surface area (Å²) in [6, 6.07) is 23.5. The summed E-state index contributed by atoms with van der Waals surface area (Å²) in [7, 11) is 0. The van der Waals surface area contributed by atoms with Gasteiger partial charge in [0.15, 0.2) is 0 Å². The maximum atomic E-state index is 12.8. The molecule has 216 valence electrons. The number of nitrogens with zero attached hydrogens (tertiary/aromatic N) is 6. The van der Waals surface area contributed by atoms with Gasteiger partial charge in [-0.1, -0.05) is 30.3 Å². The first-order chi connectivity index (χ1) is 20.9. The van der Waals surface area contributed by atoms with E-state index < -0.39 is 5.97 Å². The molecular weight excluding hydrogens is 540 g/mol. The molecule has 2 heterocycles. The highest BCUT2D eigenvalue weighted by atomic mass is 16.5. The Labute approximate surface area is 251 Å². The van der Waals surface area contributed by atoms with E-state index in [1.54, 1.807) is 19.1 Å². The minimum Gasteiger partial charge on any atom is -0.462 e. The van der Waals surface area contributed by atoms with E-state index in [9.17, 15) is 10.1 Å². The summed E-state index contributed by atoms with van der Waals surface area (Å²) in [6.07, 6.45) is 1.47. The van der Waals surface area contributed by atoms with Gasteiger partial charge in [-0.2, -0.15) is 15.5 Å². The van der Waals surface area contributed by atoms with Gasteiger partial charge < -0.3 is 14.4 Å². The van der Waals surface area contributed by atoms with Crippen molar-refractivity contribution >= 4 is 11.9 Å². The minimum atomic E-state index is -0.547. The normalized spacial score (nSPS) is 13.2. The van der Waals surface area contributed by atoms with Crippen LogP contribution >= 0.6 is 0 Å². The van der Waals surface area contributed by atoms with E-state index in [4.69, 9.17) is 19.7 Å². The molecule has 9 heteroatoms. The fourth-order valence-electron chi connectivity index (χ4n) is 5.16. The first kappa shape index (κ1) is 29.2. The summed E-state index contributed by atoms with van der Waals surface area (Å²) < 4.78 is 11.6. The number of piperazine rings is 1. The third-order valence-corrected chi connectivity index (χ3v) is 7.43. The van der Waals surface area contributed by atoms with Crippen LogP contribution in [0.4, 0.5) is 5.95 Å². The number of aromatic nitrogens is 2. The van der Waals surface area contributed by atoms with E-state index in [0.717, 1.165) is 40.9 Å². The molecule has 0 N–H and O–H groups in total. The molecule has 0 amide bonds. The Balaban J connectivity index is 1.37. The van der Waals surface area contributed by atoms with E-state index in [1.807, 2.05) is 62.4 Å². The highest BCUT2D eigenvalue weighted by Crippen LogP contribution is 2.35. The molecule has 0 aliphatic carbocycles. The van der Waals surface area contributed by atoms with Crippen LogP contribution < -0.4 is 9.64 Å². The molecule has 0 atom stereocenters. The molecule has 1 saturated heterocycles. The molecule has 5 rings (SSSR count). The number of esters is 1. The lowest BCUT2D eigenvalue weighted by Crippen LogP contribution is -2.46. The van der Waals surface area contributed by atoms with Crippen LogP contribution in [0.1, 0.15) is 45.1 Å². The van der Waals surface area contributed by atoms with Gasteiger partial charge >= 0.3 is 5.97 Å². The number of hydrogen-bond donors (Lipinski definition) is 0. The quantitative estimate of drug-likeness (QED) is 0.242. The van der Waals surface area contributed by atoms with Gasteiger partial charge in [-0.15, -0.1) is 0 Å². The number of nitriles is 2. The second-order valence-corrected chi connectivity index (χ2v) is 10.4. The Morgan fingerprint density at radius 1 is 0.930 bits per heavy atom. The van der Waals surface area contributed by atoms with Gasteiger partial charge in [-0.25, -0.2) is 9.78 Å². The number of anilines is 1. The second-order valence-electron chi connectivity index (χ2n) is 10.4. The summed E-state index contributed by atoms with van der Waals surface area (Å²) >= 11 is 0. The average molecular weight is 573 g/mol.